The molecule has 0 aromatic carbocycles. The smallest absolute Gasteiger partial charge is 0.221 e. The minimum Gasteiger partial charge on any atom is -0.347 e. The normalized spacial score (nSPS) is 31.2. The summed E-state index contributed by atoms with van der Waals surface area (Å²) in [7, 11) is 3.50. The van der Waals surface area contributed by atoms with Crippen molar-refractivity contribution in [2.75, 3.05) is 11.5 Å². The minimum absolute atomic E-state index is 0.163. The fourth-order valence-corrected chi connectivity index (χ4v) is 5.29. The van der Waals surface area contributed by atoms with Crippen LogP contribution in [0.15, 0.2) is 24.8 Å². The van der Waals surface area contributed by atoms with E-state index in [0.717, 1.165) is 36.7 Å². The number of hydrogen-bond acceptors (Lipinski definition) is 3. The Morgan fingerprint density at radius 2 is 2.17 bits per heavy atom. The van der Waals surface area contributed by atoms with E-state index in [2.05, 4.69) is 51.7 Å². The largest absolute Gasteiger partial charge is 0.347 e. The van der Waals surface area contributed by atoms with Crippen molar-refractivity contribution in [1.82, 2.24) is 5.32 Å². The quantitative estimate of drug-likeness (QED) is 0.348. The third-order valence-electron chi connectivity index (χ3n) is 4.62. The fraction of sp³-hybridized carbons (Fsp3) is 0.737. The molecule has 0 saturated carbocycles. The third kappa shape index (κ3) is 7.84. The Balaban J connectivity index is 2.60. The van der Waals surface area contributed by atoms with Gasteiger partial charge in [0.05, 0.1) is 5.54 Å². The first-order valence-electron chi connectivity index (χ1n) is 8.66. The van der Waals surface area contributed by atoms with Gasteiger partial charge in [0.1, 0.15) is 0 Å². The molecule has 1 rings (SSSR count). The van der Waals surface area contributed by atoms with Gasteiger partial charge < -0.3 is 5.32 Å². The van der Waals surface area contributed by atoms with Crippen LogP contribution in [0, 0.1) is 11.3 Å². The first-order chi connectivity index (χ1) is 10.8. The van der Waals surface area contributed by atoms with Crippen LogP contribution in [0.5, 0.6) is 0 Å². The predicted molar refractivity (Wildman–Crippen MR) is 107 cm³/mol. The number of carbonyl (C=O) groups excluding carboxylic acids is 1. The highest BCUT2D eigenvalue weighted by Gasteiger charge is 2.35. The molecular formula is C19H33NOS2. The molecule has 23 heavy (non-hydrogen) atoms. The van der Waals surface area contributed by atoms with E-state index < -0.39 is 0 Å². The molecule has 0 spiro atoms. The standard InChI is InChI=1S/C19H33NOS2/c1-6-12-22-23-13-10-17(21)20-19(5)11-8-9-16(3)14-18(4,7-2)15-19/h6,8,11,16H,1,7,9-10,12-15H2,2-5H3,(H,20,21). The average molecular weight is 356 g/mol. The molecule has 0 saturated heterocycles. The summed E-state index contributed by atoms with van der Waals surface area (Å²) in [4.78, 5) is 12.3. The maximum absolute atomic E-state index is 12.3. The van der Waals surface area contributed by atoms with Crippen molar-refractivity contribution in [2.45, 2.75) is 65.3 Å². The van der Waals surface area contributed by atoms with Crippen LogP contribution in [0.2, 0.25) is 0 Å². The van der Waals surface area contributed by atoms with Crippen LogP contribution in [0.3, 0.4) is 0 Å². The summed E-state index contributed by atoms with van der Waals surface area (Å²) in [6, 6.07) is 0. The molecule has 0 fully saturated rings. The molecule has 2 nitrogen and oxygen atoms in total. The van der Waals surface area contributed by atoms with E-state index in [1.54, 1.807) is 21.6 Å². The maximum Gasteiger partial charge on any atom is 0.221 e. The van der Waals surface area contributed by atoms with E-state index in [-0.39, 0.29) is 11.4 Å². The first-order valence-corrected chi connectivity index (χ1v) is 11.2. The molecular weight excluding hydrogens is 322 g/mol. The Kier molecular flexibility index (Phi) is 8.84. The van der Waals surface area contributed by atoms with Gasteiger partial charge in [-0.05, 0) is 37.5 Å². The lowest BCUT2D eigenvalue weighted by Gasteiger charge is -2.41. The molecule has 4 heteroatoms. The third-order valence-corrected chi connectivity index (χ3v) is 6.94. The highest BCUT2D eigenvalue weighted by molar-refractivity contribution is 8.76. The fourth-order valence-electron chi connectivity index (χ4n) is 3.53. The number of nitrogens with one attached hydrogen (secondary N) is 1. The summed E-state index contributed by atoms with van der Waals surface area (Å²) in [5, 5.41) is 3.29. The maximum atomic E-state index is 12.3. The molecule has 0 aliphatic heterocycles. The highest BCUT2D eigenvalue weighted by Crippen LogP contribution is 2.40. The lowest BCUT2D eigenvalue weighted by molar-refractivity contribution is -0.122. The lowest BCUT2D eigenvalue weighted by Crippen LogP contribution is -2.48. The van der Waals surface area contributed by atoms with E-state index in [1.807, 2.05) is 6.08 Å². The van der Waals surface area contributed by atoms with Crippen LogP contribution >= 0.6 is 21.6 Å². The second-order valence-electron chi connectivity index (χ2n) is 7.40. The number of amides is 1. The summed E-state index contributed by atoms with van der Waals surface area (Å²) < 4.78 is 0. The molecule has 0 aromatic rings. The molecule has 1 aliphatic rings. The SMILES string of the molecule is C=CCSSCCC(=O)NC1(C)C=CCC(C)CC(C)(CC)C1. The molecule has 1 N–H and O–H groups in total. The monoisotopic (exact) mass is 355 g/mol. The number of allylic oxidation sites excluding steroid dienone is 1. The van der Waals surface area contributed by atoms with Crippen LogP contribution in [-0.2, 0) is 4.79 Å². The van der Waals surface area contributed by atoms with E-state index in [0.29, 0.717) is 11.8 Å². The molecule has 1 aliphatic carbocycles. The first kappa shape index (κ1) is 20.7. The topological polar surface area (TPSA) is 29.1 Å². The predicted octanol–water partition coefficient (Wildman–Crippen LogP) is 5.61. The van der Waals surface area contributed by atoms with Crippen LogP contribution < -0.4 is 5.32 Å². The zero-order valence-electron chi connectivity index (χ0n) is 15.2. The molecule has 3 unspecified atom stereocenters. The van der Waals surface area contributed by atoms with E-state index in [4.69, 9.17) is 0 Å². The van der Waals surface area contributed by atoms with Gasteiger partial charge in [-0.25, -0.2) is 0 Å². The number of carbonyl (C=O) groups is 1. The summed E-state index contributed by atoms with van der Waals surface area (Å²) in [5.41, 5.74) is 0.0711. The van der Waals surface area contributed by atoms with Crippen molar-refractivity contribution in [3.05, 3.63) is 24.8 Å². The van der Waals surface area contributed by atoms with Crippen molar-refractivity contribution >= 4 is 27.5 Å². The zero-order valence-corrected chi connectivity index (χ0v) is 16.8. The van der Waals surface area contributed by atoms with Gasteiger partial charge in [-0.1, -0.05) is 67.0 Å². The summed E-state index contributed by atoms with van der Waals surface area (Å²) in [6.07, 6.45) is 11.5. The molecule has 3 atom stereocenters. The molecule has 0 aromatic heterocycles. The number of hydrogen-bond donors (Lipinski definition) is 1. The Bertz CT molecular complexity index is 424. The van der Waals surface area contributed by atoms with Crippen molar-refractivity contribution in [2.24, 2.45) is 11.3 Å². The Labute approximate surface area is 150 Å². The number of rotatable bonds is 8. The second kappa shape index (κ2) is 9.83. The van der Waals surface area contributed by atoms with Gasteiger partial charge in [-0.3, -0.25) is 4.79 Å². The van der Waals surface area contributed by atoms with Crippen LogP contribution in [0.4, 0.5) is 0 Å². The van der Waals surface area contributed by atoms with Crippen molar-refractivity contribution in [1.29, 1.82) is 0 Å². The highest BCUT2D eigenvalue weighted by atomic mass is 33.1. The van der Waals surface area contributed by atoms with Gasteiger partial charge in [0.25, 0.3) is 0 Å². The van der Waals surface area contributed by atoms with Gasteiger partial charge in [-0.2, -0.15) is 0 Å². The summed E-state index contributed by atoms with van der Waals surface area (Å²) >= 11 is 0. The van der Waals surface area contributed by atoms with E-state index in [9.17, 15) is 4.79 Å². The summed E-state index contributed by atoms with van der Waals surface area (Å²) in [6.45, 7) is 12.8. The van der Waals surface area contributed by atoms with Crippen LogP contribution in [0.1, 0.15) is 59.8 Å². The van der Waals surface area contributed by atoms with Gasteiger partial charge in [0, 0.05) is 17.9 Å². The van der Waals surface area contributed by atoms with E-state index in [1.165, 1.54) is 6.42 Å². The van der Waals surface area contributed by atoms with Crippen molar-refractivity contribution in [3.8, 4) is 0 Å². The van der Waals surface area contributed by atoms with Crippen LogP contribution in [-0.4, -0.2) is 23.0 Å². The van der Waals surface area contributed by atoms with Gasteiger partial charge in [0.15, 0.2) is 0 Å². The van der Waals surface area contributed by atoms with Gasteiger partial charge in [-0.15, -0.1) is 6.58 Å². The lowest BCUT2D eigenvalue weighted by atomic mass is 9.69. The van der Waals surface area contributed by atoms with Crippen molar-refractivity contribution < 1.29 is 4.79 Å². The van der Waals surface area contributed by atoms with Crippen LogP contribution in [0.25, 0.3) is 0 Å². The molecule has 1 amide bonds. The molecule has 0 radical (unpaired) electrons. The van der Waals surface area contributed by atoms with Gasteiger partial charge in [0.2, 0.25) is 5.91 Å². The average Bonchev–Trinajstić information content (AvgIpc) is 2.45. The van der Waals surface area contributed by atoms with Crippen molar-refractivity contribution in [3.63, 3.8) is 0 Å². The second-order valence-corrected chi connectivity index (χ2v) is 10.0. The Hall–Kier alpha value is -0.350. The molecule has 0 heterocycles. The van der Waals surface area contributed by atoms with E-state index >= 15 is 0 Å². The Morgan fingerprint density at radius 1 is 1.43 bits per heavy atom. The Morgan fingerprint density at radius 3 is 2.83 bits per heavy atom. The molecule has 132 valence electrons. The van der Waals surface area contributed by atoms with Gasteiger partial charge >= 0.3 is 0 Å². The summed E-state index contributed by atoms with van der Waals surface area (Å²) in [5.74, 6) is 2.66. The molecule has 0 bridgehead atoms. The minimum atomic E-state index is -0.221. The zero-order chi connectivity index (χ0) is 17.3.